The van der Waals surface area contributed by atoms with Gasteiger partial charge in [-0.05, 0) is 49.6 Å². The molecule has 0 unspecified atom stereocenters. The molecule has 0 spiro atoms. The number of nitrogens with zero attached hydrogens (tertiary/aromatic N) is 2. The quantitative estimate of drug-likeness (QED) is 0.612. The monoisotopic (exact) mass is 360 g/mol. The number of aromatic nitrogens is 3. The number of hydrogen-bond acceptors (Lipinski definition) is 5. The second-order valence-corrected chi connectivity index (χ2v) is 6.39. The van der Waals surface area contributed by atoms with E-state index < -0.39 is 0 Å². The van der Waals surface area contributed by atoms with E-state index in [4.69, 9.17) is 16.3 Å². The molecule has 0 aliphatic heterocycles. The molecule has 0 atom stereocenters. The van der Waals surface area contributed by atoms with Crippen LogP contribution in [0.1, 0.15) is 11.4 Å². The first kappa shape index (κ1) is 16.7. The fourth-order valence-electron chi connectivity index (χ4n) is 2.17. The van der Waals surface area contributed by atoms with Gasteiger partial charge in [-0.1, -0.05) is 17.7 Å². The van der Waals surface area contributed by atoms with Crippen LogP contribution in [0.3, 0.4) is 0 Å². The molecule has 7 heteroatoms. The third kappa shape index (κ3) is 4.01. The lowest BCUT2D eigenvalue weighted by Crippen LogP contribution is -2.03. The number of ether oxygens (including phenoxy) is 1. The van der Waals surface area contributed by atoms with Crippen LogP contribution in [0.4, 0.5) is 5.95 Å². The molecule has 0 radical (unpaired) electrons. The van der Waals surface area contributed by atoms with Crippen LogP contribution in [0.2, 0.25) is 5.02 Å². The molecule has 3 aromatic rings. The lowest BCUT2D eigenvalue weighted by atomic mass is 10.2. The summed E-state index contributed by atoms with van der Waals surface area (Å²) in [6, 6.07) is 13.6. The van der Waals surface area contributed by atoms with Crippen LogP contribution < -0.4 is 10.1 Å². The Kier molecular flexibility index (Phi) is 5.27. The third-order valence-corrected chi connectivity index (χ3v) is 4.49. The first-order valence-electron chi connectivity index (χ1n) is 7.38. The Labute approximate surface area is 149 Å². The Morgan fingerprint density at radius 3 is 2.62 bits per heavy atom. The predicted octanol–water partition coefficient (Wildman–Crippen LogP) is 4.89. The summed E-state index contributed by atoms with van der Waals surface area (Å²) in [4.78, 5) is 4.22. The number of aromatic amines is 1. The van der Waals surface area contributed by atoms with Crippen LogP contribution in [0, 0.1) is 6.92 Å². The molecule has 0 bridgehead atoms. The lowest BCUT2D eigenvalue weighted by Gasteiger charge is -2.13. The van der Waals surface area contributed by atoms with Crippen LogP contribution >= 0.6 is 23.4 Å². The van der Waals surface area contributed by atoms with Crippen LogP contribution in [0.5, 0.6) is 11.5 Å². The van der Waals surface area contributed by atoms with E-state index in [9.17, 15) is 0 Å². The standard InChI is InChI=1S/C17H17ClN4OS/c1-11-20-17(22-21-11)19-10-14-15(18)4-3-5-16(14)23-12-6-8-13(24-2)9-7-12/h3-9H,10H2,1-2H3,(H2,19,20,21,22). The number of halogens is 1. The summed E-state index contributed by atoms with van der Waals surface area (Å²) >= 11 is 8.04. The molecule has 1 heterocycles. The zero-order valence-corrected chi connectivity index (χ0v) is 14.9. The average Bonchev–Trinajstić information content (AvgIpc) is 3.00. The maximum absolute atomic E-state index is 6.35. The van der Waals surface area contributed by atoms with Gasteiger partial charge < -0.3 is 15.0 Å². The van der Waals surface area contributed by atoms with Gasteiger partial charge in [-0.2, -0.15) is 0 Å². The molecular formula is C17H17ClN4OS. The van der Waals surface area contributed by atoms with Gasteiger partial charge in [0.25, 0.3) is 0 Å². The zero-order valence-electron chi connectivity index (χ0n) is 13.3. The topological polar surface area (TPSA) is 62.8 Å². The minimum absolute atomic E-state index is 0.479. The molecule has 1 aromatic heterocycles. The van der Waals surface area contributed by atoms with Crippen molar-refractivity contribution in [1.29, 1.82) is 0 Å². The van der Waals surface area contributed by atoms with E-state index in [1.165, 1.54) is 4.90 Å². The van der Waals surface area contributed by atoms with Gasteiger partial charge in [-0.25, -0.2) is 0 Å². The van der Waals surface area contributed by atoms with Gasteiger partial charge in [0.1, 0.15) is 17.3 Å². The highest BCUT2D eigenvalue weighted by molar-refractivity contribution is 7.98. The molecule has 124 valence electrons. The van der Waals surface area contributed by atoms with E-state index in [1.54, 1.807) is 11.8 Å². The maximum atomic E-state index is 6.35. The third-order valence-electron chi connectivity index (χ3n) is 3.40. The number of thioether (sulfide) groups is 1. The summed E-state index contributed by atoms with van der Waals surface area (Å²) in [6.45, 7) is 2.33. The Morgan fingerprint density at radius 2 is 1.96 bits per heavy atom. The van der Waals surface area contributed by atoms with E-state index in [-0.39, 0.29) is 0 Å². The van der Waals surface area contributed by atoms with E-state index in [2.05, 4.69) is 20.5 Å². The molecule has 3 rings (SSSR count). The number of H-pyrrole nitrogens is 1. The average molecular weight is 361 g/mol. The second kappa shape index (κ2) is 7.59. The van der Waals surface area contributed by atoms with Crippen LogP contribution in [0.15, 0.2) is 47.4 Å². The van der Waals surface area contributed by atoms with Crippen molar-refractivity contribution in [1.82, 2.24) is 15.2 Å². The highest BCUT2D eigenvalue weighted by Crippen LogP contribution is 2.31. The summed E-state index contributed by atoms with van der Waals surface area (Å²) in [5.74, 6) is 2.83. The molecule has 0 amide bonds. The van der Waals surface area contributed by atoms with Crippen LogP contribution in [-0.2, 0) is 6.54 Å². The van der Waals surface area contributed by atoms with Gasteiger partial charge >= 0.3 is 0 Å². The largest absolute Gasteiger partial charge is 0.457 e. The number of aryl methyl sites for hydroxylation is 1. The van der Waals surface area contributed by atoms with Crippen molar-refractivity contribution in [3.05, 3.63) is 58.9 Å². The summed E-state index contributed by atoms with van der Waals surface area (Å²) in [5.41, 5.74) is 0.863. The van der Waals surface area contributed by atoms with Gasteiger partial charge in [0.2, 0.25) is 5.95 Å². The van der Waals surface area contributed by atoms with Crippen molar-refractivity contribution in [3.8, 4) is 11.5 Å². The zero-order chi connectivity index (χ0) is 16.9. The molecule has 0 aliphatic carbocycles. The fourth-order valence-corrected chi connectivity index (χ4v) is 2.82. The number of benzene rings is 2. The van der Waals surface area contributed by atoms with Crippen molar-refractivity contribution < 1.29 is 4.74 Å². The Bertz CT molecular complexity index is 820. The first-order chi connectivity index (χ1) is 11.7. The smallest absolute Gasteiger partial charge is 0.222 e. The molecule has 0 saturated heterocycles. The molecule has 0 aliphatic rings. The predicted molar refractivity (Wildman–Crippen MR) is 98.2 cm³/mol. The van der Waals surface area contributed by atoms with E-state index in [0.29, 0.717) is 23.3 Å². The van der Waals surface area contributed by atoms with Crippen molar-refractivity contribution in [3.63, 3.8) is 0 Å². The molecule has 24 heavy (non-hydrogen) atoms. The summed E-state index contributed by atoms with van der Waals surface area (Å²) in [7, 11) is 0. The van der Waals surface area contributed by atoms with Gasteiger partial charge in [0, 0.05) is 22.0 Å². The Morgan fingerprint density at radius 1 is 1.17 bits per heavy atom. The molecule has 0 fully saturated rings. The maximum Gasteiger partial charge on any atom is 0.222 e. The first-order valence-corrected chi connectivity index (χ1v) is 8.98. The lowest BCUT2D eigenvalue weighted by molar-refractivity contribution is 0.476. The summed E-state index contributed by atoms with van der Waals surface area (Å²) < 4.78 is 6.00. The number of anilines is 1. The number of rotatable bonds is 6. The van der Waals surface area contributed by atoms with Crippen LogP contribution in [-0.4, -0.2) is 21.4 Å². The molecular weight excluding hydrogens is 344 g/mol. The van der Waals surface area contributed by atoms with Gasteiger partial charge in [0.05, 0.1) is 0 Å². The Balaban J connectivity index is 1.78. The fraction of sp³-hybridized carbons (Fsp3) is 0.176. The normalized spacial score (nSPS) is 10.6. The molecule has 2 aromatic carbocycles. The van der Waals surface area contributed by atoms with Crippen molar-refractivity contribution in [2.24, 2.45) is 0 Å². The molecule has 2 N–H and O–H groups in total. The van der Waals surface area contributed by atoms with E-state index in [0.717, 1.165) is 17.1 Å². The van der Waals surface area contributed by atoms with E-state index >= 15 is 0 Å². The SMILES string of the molecule is CSc1ccc(Oc2cccc(Cl)c2CNc2nnc(C)[nH]2)cc1. The van der Waals surface area contributed by atoms with Gasteiger partial charge in [0.15, 0.2) is 0 Å². The Hall–Kier alpha value is -2.18. The van der Waals surface area contributed by atoms with Gasteiger partial charge in [-0.15, -0.1) is 22.0 Å². The van der Waals surface area contributed by atoms with Crippen molar-refractivity contribution >= 4 is 29.3 Å². The molecule has 5 nitrogen and oxygen atoms in total. The second-order valence-electron chi connectivity index (χ2n) is 5.11. The number of hydrogen-bond donors (Lipinski definition) is 2. The van der Waals surface area contributed by atoms with Crippen molar-refractivity contribution in [2.75, 3.05) is 11.6 Å². The molecule has 0 saturated carbocycles. The van der Waals surface area contributed by atoms with Crippen LogP contribution in [0.25, 0.3) is 0 Å². The summed E-state index contributed by atoms with van der Waals surface area (Å²) in [5, 5.41) is 11.7. The van der Waals surface area contributed by atoms with Crippen molar-refractivity contribution in [2.45, 2.75) is 18.4 Å². The number of nitrogens with one attached hydrogen (secondary N) is 2. The minimum Gasteiger partial charge on any atom is -0.457 e. The highest BCUT2D eigenvalue weighted by Gasteiger charge is 2.10. The van der Waals surface area contributed by atoms with E-state index in [1.807, 2.05) is 55.6 Å². The highest BCUT2D eigenvalue weighted by atomic mass is 35.5. The minimum atomic E-state index is 0.479. The van der Waals surface area contributed by atoms with Gasteiger partial charge in [-0.3, -0.25) is 0 Å². The summed E-state index contributed by atoms with van der Waals surface area (Å²) in [6.07, 6.45) is 2.04.